The zero-order valence-corrected chi connectivity index (χ0v) is 11.9. The van der Waals surface area contributed by atoms with Crippen LogP contribution in [0.2, 0.25) is 0 Å². The van der Waals surface area contributed by atoms with Crippen LogP contribution >= 0.6 is 15.9 Å². The molecule has 0 fully saturated rings. The highest BCUT2D eigenvalue weighted by molar-refractivity contribution is 9.10. The maximum absolute atomic E-state index is 5.65. The molecular formula is C13H21BrN2. The minimum absolute atomic E-state index is 0.579. The monoisotopic (exact) mass is 284 g/mol. The van der Waals surface area contributed by atoms with Crippen LogP contribution in [0.25, 0.3) is 0 Å². The van der Waals surface area contributed by atoms with Gasteiger partial charge in [0.1, 0.15) is 0 Å². The SMILES string of the molecule is CCC(CC)N(C)c1ccc(CN)c(Br)c1. The van der Waals surface area contributed by atoms with Crippen molar-refractivity contribution >= 4 is 21.6 Å². The minimum atomic E-state index is 0.579. The van der Waals surface area contributed by atoms with Crippen molar-refractivity contribution in [2.45, 2.75) is 39.3 Å². The van der Waals surface area contributed by atoms with E-state index in [0.29, 0.717) is 12.6 Å². The third-order valence-corrected chi connectivity index (χ3v) is 3.89. The number of hydrogen-bond acceptors (Lipinski definition) is 2. The molecule has 90 valence electrons. The van der Waals surface area contributed by atoms with Crippen LogP contribution in [0.4, 0.5) is 5.69 Å². The Morgan fingerprint density at radius 2 is 1.94 bits per heavy atom. The molecule has 0 heterocycles. The summed E-state index contributed by atoms with van der Waals surface area (Å²) in [6, 6.07) is 7.00. The summed E-state index contributed by atoms with van der Waals surface area (Å²) < 4.78 is 1.10. The smallest absolute Gasteiger partial charge is 0.0377 e. The standard InChI is InChI=1S/C13H21BrN2/c1-4-11(5-2)16(3)12-7-6-10(9-15)13(14)8-12/h6-8,11H,4-5,9,15H2,1-3H3. The van der Waals surface area contributed by atoms with Crippen LogP contribution in [0.15, 0.2) is 22.7 Å². The normalized spacial score (nSPS) is 10.9. The Morgan fingerprint density at radius 3 is 2.38 bits per heavy atom. The Bertz CT molecular complexity index is 335. The topological polar surface area (TPSA) is 29.3 Å². The number of hydrogen-bond donors (Lipinski definition) is 1. The van der Waals surface area contributed by atoms with Gasteiger partial charge in [-0.1, -0.05) is 35.8 Å². The molecule has 0 radical (unpaired) electrons. The van der Waals surface area contributed by atoms with Gasteiger partial charge in [0, 0.05) is 29.8 Å². The van der Waals surface area contributed by atoms with Gasteiger partial charge in [0.2, 0.25) is 0 Å². The van der Waals surface area contributed by atoms with Gasteiger partial charge in [-0.25, -0.2) is 0 Å². The lowest BCUT2D eigenvalue weighted by Gasteiger charge is -2.28. The highest BCUT2D eigenvalue weighted by atomic mass is 79.9. The molecule has 0 saturated heterocycles. The highest BCUT2D eigenvalue weighted by Crippen LogP contribution is 2.25. The minimum Gasteiger partial charge on any atom is -0.372 e. The van der Waals surface area contributed by atoms with Gasteiger partial charge in [-0.2, -0.15) is 0 Å². The van der Waals surface area contributed by atoms with Gasteiger partial charge in [0.25, 0.3) is 0 Å². The van der Waals surface area contributed by atoms with Gasteiger partial charge in [-0.3, -0.25) is 0 Å². The molecule has 16 heavy (non-hydrogen) atoms. The van der Waals surface area contributed by atoms with Crippen molar-refractivity contribution in [2.24, 2.45) is 5.73 Å². The molecule has 1 rings (SSSR count). The molecule has 0 aliphatic rings. The van der Waals surface area contributed by atoms with Crippen LogP contribution in [0, 0.1) is 0 Å². The van der Waals surface area contributed by atoms with Crippen molar-refractivity contribution < 1.29 is 0 Å². The van der Waals surface area contributed by atoms with Gasteiger partial charge in [-0.15, -0.1) is 0 Å². The van der Waals surface area contributed by atoms with E-state index in [1.807, 2.05) is 0 Å². The second-order valence-electron chi connectivity index (χ2n) is 4.06. The van der Waals surface area contributed by atoms with Crippen molar-refractivity contribution in [3.63, 3.8) is 0 Å². The first-order valence-corrected chi connectivity index (χ1v) is 6.64. The largest absolute Gasteiger partial charge is 0.372 e. The Balaban J connectivity index is 2.91. The van der Waals surface area contributed by atoms with E-state index in [1.54, 1.807) is 0 Å². The first-order valence-electron chi connectivity index (χ1n) is 5.85. The lowest BCUT2D eigenvalue weighted by atomic mass is 10.1. The number of benzene rings is 1. The molecule has 2 N–H and O–H groups in total. The van der Waals surface area contributed by atoms with E-state index in [4.69, 9.17) is 5.73 Å². The Labute approximate surface area is 107 Å². The van der Waals surface area contributed by atoms with Gasteiger partial charge in [0.15, 0.2) is 0 Å². The Kier molecular flexibility index (Phi) is 5.29. The second kappa shape index (κ2) is 6.26. The number of anilines is 1. The van der Waals surface area contributed by atoms with Crippen molar-refractivity contribution in [3.8, 4) is 0 Å². The Morgan fingerprint density at radius 1 is 1.31 bits per heavy atom. The van der Waals surface area contributed by atoms with Crippen LogP contribution in [-0.4, -0.2) is 13.1 Å². The molecule has 0 aliphatic heterocycles. The zero-order chi connectivity index (χ0) is 12.1. The van der Waals surface area contributed by atoms with E-state index < -0.39 is 0 Å². The zero-order valence-electron chi connectivity index (χ0n) is 10.3. The maximum atomic E-state index is 5.65. The fourth-order valence-corrected chi connectivity index (χ4v) is 2.50. The highest BCUT2D eigenvalue weighted by Gasteiger charge is 2.11. The molecule has 2 nitrogen and oxygen atoms in total. The van der Waals surface area contributed by atoms with Crippen LogP contribution in [0.3, 0.4) is 0 Å². The molecule has 0 spiro atoms. The van der Waals surface area contributed by atoms with Gasteiger partial charge in [0.05, 0.1) is 0 Å². The first kappa shape index (κ1) is 13.5. The van der Waals surface area contributed by atoms with Crippen LogP contribution in [0.1, 0.15) is 32.3 Å². The van der Waals surface area contributed by atoms with Crippen LogP contribution in [-0.2, 0) is 6.54 Å². The summed E-state index contributed by atoms with van der Waals surface area (Å²) >= 11 is 3.56. The lowest BCUT2D eigenvalue weighted by molar-refractivity contribution is 0.591. The van der Waals surface area contributed by atoms with Crippen LogP contribution < -0.4 is 10.6 Å². The first-order chi connectivity index (χ1) is 7.63. The summed E-state index contributed by atoms with van der Waals surface area (Å²) in [6.45, 7) is 5.04. The van der Waals surface area contributed by atoms with E-state index in [9.17, 15) is 0 Å². The molecule has 1 aromatic carbocycles. The predicted octanol–water partition coefficient (Wildman–Crippen LogP) is 3.53. The third kappa shape index (κ3) is 2.98. The average molecular weight is 285 g/mol. The quantitative estimate of drug-likeness (QED) is 0.896. The van der Waals surface area contributed by atoms with E-state index in [2.05, 4.69) is 59.9 Å². The molecule has 3 heteroatoms. The molecule has 1 aromatic rings. The molecule has 0 unspecified atom stereocenters. The molecule has 0 aromatic heterocycles. The molecular weight excluding hydrogens is 264 g/mol. The maximum Gasteiger partial charge on any atom is 0.0377 e. The van der Waals surface area contributed by atoms with E-state index in [1.165, 1.54) is 18.5 Å². The number of halogens is 1. The summed E-state index contributed by atoms with van der Waals surface area (Å²) in [5.41, 5.74) is 8.05. The molecule has 0 amide bonds. The fourth-order valence-electron chi connectivity index (χ4n) is 1.97. The Hall–Kier alpha value is -0.540. The molecule has 0 atom stereocenters. The third-order valence-electron chi connectivity index (χ3n) is 3.15. The van der Waals surface area contributed by atoms with Gasteiger partial charge in [-0.05, 0) is 30.5 Å². The lowest BCUT2D eigenvalue weighted by Crippen LogP contribution is -2.30. The number of nitrogens with two attached hydrogens (primary N) is 1. The fraction of sp³-hybridized carbons (Fsp3) is 0.538. The van der Waals surface area contributed by atoms with Gasteiger partial charge >= 0.3 is 0 Å². The number of nitrogens with zero attached hydrogens (tertiary/aromatic N) is 1. The molecule has 0 saturated carbocycles. The summed E-state index contributed by atoms with van der Waals surface area (Å²) in [6.07, 6.45) is 2.34. The second-order valence-corrected chi connectivity index (χ2v) is 4.92. The average Bonchev–Trinajstić information content (AvgIpc) is 2.30. The van der Waals surface area contributed by atoms with E-state index >= 15 is 0 Å². The summed E-state index contributed by atoms with van der Waals surface area (Å²) in [4.78, 5) is 2.34. The molecule has 0 aliphatic carbocycles. The summed E-state index contributed by atoms with van der Waals surface area (Å²) in [5, 5.41) is 0. The summed E-state index contributed by atoms with van der Waals surface area (Å²) in [7, 11) is 2.15. The predicted molar refractivity (Wildman–Crippen MR) is 74.8 cm³/mol. The van der Waals surface area contributed by atoms with E-state index in [0.717, 1.165) is 10.0 Å². The van der Waals surface area contributed by atoms with E-state index in [-0.39, 0.29) is 0 Å². The van der Waals surface area contributed by atoms with Crippen molar-refractivity contribution in [2.75, 3.05) is 11.9 Å². The van der Waals surface area contributed by atoms with Gasteiger partial charge < -0.3 is 10.6 Å². The summed E-state index contributed by atoms with van der Waals surface area (Å²) in [5.74, 6) is 0. The van der Waals surface area contributed by atoms with Crippen molar-refractivity contribution in [1.82, 2.24) is 0 Å². The van der Waals surface area contributed by atoms with Crippen molar-refractivity contribution in [3.05, 3.63) is 28.2 Å². The van der Waals surface area contributed by atoms with Crippen molar-refractivity contribution in [1.29, 1.82) is 0 Å². The number of rotatable bonds is 5. The molecule has 0 bridgehead atoms. The van der Waals surface area contributed by atoms with Crippen LogP contribution in [0.5, 0.6) is 0 Å².